The number of fused-ring (bicyclic) bond motifs is 1. The van der Waals surface area contributed by atoms with Gasteiger partial charge in [-0.2, -0.15) is 0 Å². The van der Waals surface area contributed by atoms with Crippen molar-refractivity contribution >= 4 is 23.0 Å². The molecule has 1 N–H and O–H groups in total. The van der Waals surface area contributed by atoms with Crippen LogP contribution >= 0.6 is 0 Å². The number of oxazole rings is 1. The Hall–Kier alpha value is -2.37. The second-order valence-corrected chi connectivity index (χ2v) is 4.59. The van der Waals surface area contributed by atoms with Crippen molar-refractivity contribution in [3.8, 4) is 0 Å². The van der Waals surface area contributed by atoms with Gasteiger partial charge in [0, 0.05) is 13.0 Å². The highest BCUT2D eigenvalue weighted by atomic mass is 16.5. The molecular formula is C15H18N2O4. The van der Waals surface area contributed by atoms with Crippen molar-refractivity contribution < 1.29 is 18.7 Å². The smallest absolute Gasteiger partial charge is 0.306 e. The molecule has 1 aromatic heterocycles. The van der Waals surface area contributed by atoms with E-state index in [9.17, 15) is 9.59 Å². The number of nitrogens with zero attached hydrogens (tertiary/aromatic N) is 1. The van der Waals surface area contributed by atoms with Crippen LogP contribution in [-0.2, 0) is 20.7 Å². The van der Waals surface area contributed by atoms with Crippen molar-refractivity contribution in [2.24, 2.45) is 0 Å². The number of carbonyl (C=O) groups is 2. The molecule has 0 aliphatic carbocycles. The summed E-state index contributed by atoms with van der Waals surface area (Å²) in [5, 5.41) is 2.63. The normalized spacial score (nSPS) is 10.5. The number of hydrogen-bond donors (Lipinski definition) is 1. The number of para-hydroxylation sites is 2. The molecule has 0 saturated heterocycles. The summed E-state index contributed by atoms with van der Waals surface area (Å²) >= 11 is 0. The summed E-state index contributed by atoms with van der Waals surface area (Å²) in [4.78, 5) is 27.1. The number of aromatic nitrogens is 1. The Balaban J connectivity index is 1.74. The summed E-state index contributed by atoms with van der Waals surface area (Å²) in [6.07, 6.45) is 1.33. The average molecular weight is 290 g/mol. The minimum atomic E-state index is -0.441. The molecular weight excluding hydrogens is 272 g/mol. The van der Waals surface area contributed by atoms with Gasteiger partial charge >= 0.3 is 5.97 Å². The molecule has 2 rings (SSSR count). The topological polar surface area (TPSA) is 81.4 Å². The summed E-state index contributed by atoms with van der Waals surface area (Å²) in [7, 11) is 0. The van der Waals surface area contributed by atoms with E-state index < -0.39 is 5.97 Å². The van der Waals surface area contributed by atoms with E-state index in [-0.39, 0.29) is 18.9 Å². The molecule has 0 radical (unpaired) electrons. The minimum Gasteiger partial charge on any atom is -0.456 e. The zero-order valence-corrected chi connectivity index (χ0v) is 11.9. The fourth-order valence-electron chi connectivity index (χ4n) is 1.77. The van der Waals surface area contributed by atoms with Crippen LogP contribution < -0.4 is 5.32 Å². The van der Waals surface area contributed by atoms with Crippen molar-refractivity contribution in [2.75, 3.05) is 13.2 Å². The molecule has 6 nitrogen and oxygen atoms in total. The number of benzene rings is 1. The Morgan fingerprint density at radius 1 is 1.33 bits per heavy atom. The van der Waals surface area contributed by atoms with Gasteiger partial charge in [-0.15, -0.1) is 0 Å². The van der Waals surface area contributed by atoms with Crippen LogP contribution in [0.25, 0.3) is 11.1 Å². The third-order valence-corrected chi connectivity index (χ3v) is 2.82. The number of carbonyl (C=O) groups excluding carboxylic acids is 2. The van der Waals surface area contributed by atoms with Gasteiger partial charge in [0.15, 0.2) is 18.1 Å². The van der Waals surface area contributed by atoms with E-state index >= 15 is 0 Å². The van der Waals surface area contributed by atoms with E-state index in [1.165, 1.54) is 0 Å². The maximum atomic E-state index is 11.5. The van der Waals surface area contributed by atoms with Gasteiger partial charge in [-0.3, -0.25) is 9.59 Å². The Morgan fingerprint density at radius 3 is 2.90 bits per heavy atom. The summed E-state index contributed by atoms with van der Waals surface area (Å²) < 4.78 is 10.4. The monoisotopic (exact) mass is 290 g/mol. The molecule has 21 heavy (non-hydrogen) atoms. The van der Waals surface area contributed by atoms with E-state index in [0.29, 0.717) is 24.4 Å². The van der Waals surface area contributed by atoms with E-state index in [1.54, 1.807) is 0 Å². The molecule has 1 aromatic carbocycles. The van der Waals surface area contributed by atoms with Gasteiger partial charge in [-0.1, -0.05) is 19.1 Å². The summed E-state index contributed by atoms with van der Waals surface area (Å²) in [6, 6.07) is 7.40. The summed E-state index contributed by atoms with van der Waals surface area (Å²) in [5.41, 5.74) is 1.46. The average Bonchev–Trinajstić information content (AvgIpc) is 2.91. The van der Waals surface area contributed by atoms with Crippen LogP contribution in [0.1, 0.15) is 25.7 Å². The van der Waals surface area contributed by atoms with Crippen molar-refractivity contribution in [1.82, 2.24) is 10.3 Å². The van der Waals surface area contributed by atoms with E-state index in [2.05, 4.69) is 10.3 Å². The van der Waals surface area contributed by atoms with Crippen molar-refractivity contribution in [1.29, 1.82) is 0 Å². The minimum absolute atomic E-state index is 0.133. The zero-order chi connectivity index (χ0) is 15.1. The molecule has 2 aromatic rings. The molecule has 0 saturated carbocycles. The molecule has 1 heterocycles. The van der Waals surface area contributed by atoms with Crippen LogP contribution in [0.5, 0.6) is 0 Å². The van der Waals surface area contributed by atoms with E-state index in [4.69, 9.17) is 9.15 Å². The molecule has 6 heteroatoms. The highest BCUT2D eigenvalue weighted by Gasteiger charge is 2.10. The summed E-state index contributed by atoms with van der Waals surface area (Å²) in [6.45, 7) is 2.29. The van der Waals surface area contributed by atoms with Crippen molar-refractivity contribution in [3.05, 3.63) is 30.2 Å². The number of aryl methyl sites for hydroxylation is 1. The van der Waals surface area contributed by atoms with Crippen LogP contribution in [0.3, 0.4) is 0 Å². The van der Waals surface area contributed by atoms with Gasteiger partial charge in [-0.05, 0) is 18.6 Å². The van der Waals surface area contributed by atoms with Crippen LogP contribution in [0.4, 0.5) is 0 Å². The number of esters is 1. The van der Waals surface area contributed by atoms with Crippen LogP contribution in [0, 0.1) is 0 Å². The third-order valence-electron chi connectivity index (χ3n) is 2.82. The van der Waals surface area contributed by atoms with Crippen molar-refractivity contribution in [3.63, 3.8) is 0 Å². The predicted octanol–water partition coefficient (Wildman–Crippen LogP) is 1.83. The first-order valence-corrected chi connectivity index (χ1v) is 6.96. The first-order valence-electron chi connectivity index (χ1n) is 6.96. The Bertz CT molecular complexity index is 588. The highest BCUT2D eigenvalue weighted by Crippen LogP contribution is 2.15. The molecule has 0 atom stereocenters. The SMILES string of the molecule is CCCNC(=O)COC(=O)CCc1nc2ccccc2o1. The number of rotatable bonds is 7. The standard InChI is InChI=1S/C15H18N2O4/c1-2-9-16-13(18)10-20-15(19)8-7-14-17-11-5-3-4-6-12(11)21-14/h3-6H,2,7-10H2,1H3,(H,16,18). The fraction of sp³-hybridized carbons (Fsp3) is 0.400. The lowest BCUT2D eigenvalue weighted by molar-refractivity contribution is -0.148. The fourth-order valence-corrected chi connectivity index (χ4v) is 1.77. The molecule has 0 aliphatic heterocycles. The van der Waals surface area contributed by atoms with E-state index in [1.807, 2.05) is 31.2 Å². The highest BCUT2D eigenvalue weighted by molar-refractivity contribution is 5.80. The predicted molar refractivity (Wildman–Crippen MR) is 76.6 cm³/mol. The first kappa shape index (κ1) is 15.0. The third kappa shape index (κ3) is 4.59. The molecule has 0 bridgehead atoms. The lowest BCUT2D eigenvalue weighted by Gasteiger charge is -2.04. The largest absolute Gasteiger partial charge is 0.456 e. The van der Waals surface area contributed by atoms with Crippen LogP contribution in [0.15, 0.2) is 28.7 Å². The van der Waals surface area contributed by atoms with Gasteiger partial charge in [0.05, 0.1) is 6.42 Å². The number of amides is 1. The maximum Gasteiger partial charge on any atom is 0.306 e. The van der Waals surface area contributed by atoms with Gasteiger partial charge in [0.2, 0.25) is 0 Å². The molecule has 0 aliphatic rings. The summed E-state index contributed by atoms with van der Waals surface area (Å²) in [5.74, 6) is -0.237. The Kier molecular flexibility index (Phi) is 5.31. The number of ether oxygens (including phenoxy) is 1. The lowest BCUT2D eigenvalue weighted by Crippen LogP contribution is -2.29. The molecule has 0 unspecified atom stereocenters. The zero-order valence-electron chi connectivity index (χ0n) is 11.9. The second-order valence-electron chi connectivity index (χ2n) is 4.59. The first-order chi connectivity index (χ1) is 10.2. The Morgan fingerprint density at radius 2 is 2.14 bits per heavy atom. The maximum absolute atomic E-state index is 11.5. The lowest BCUT2D eigenvalue weighted by atomic mass is 10.3. The van der Waals surface area contributed by atoms with Crippen LogP contribution in [0.2, 0.25) is 0 Å². The van der Waals surface area contributed by atoms with E-state index in [0.717, 1.165) is 11.9 Å². The molecule has 0 fully saturated rings. The van der Waals surface area contributed by atoms with Gasteiger partial charge in [0.25, 0.3) is 5.91 Å². The number of nitrogens with one attached hydrogen (secondary N) is 1. The van der Waals surface area contributed by atoms with Gasteiger partial charge < -0.3 is 14.5 Å². The quantitative estimate of drug-likeness (QED) is 0.787. The molecule has 112 valence electrons. The second kappa shape index (κ2) is 7.42. The van der Waals surface area contributed by atoms with Gasteiger partial charge in [-0.25, -0.2) is 4.98 Å². The Labute approximate surface area is 122 Å². The molecule has 0 spiro atoms. The van der Waals surface area contributed by atoms with Gasteiger partial charge in [0.1, 0.15) is 5.52 Å². The van der Waals surface area contributed by atoms with Crippen LogP contribution in [-0.4, -0.2) is 30.0 Å². The van der Waals surface area contributed by atoms with Crippen molar-refractivity contribution in [2.45, 2.75) is 26.2 Å². The molecule has 1 amide bonds. The number of hydrogen-bond acceptors (Lipinski definition) is 5.